The van der Waals surface area contributed by atoms with E-state index in [1.807, 2.05) is 18.2 Å². The van der Waals surface area contributed by atoms with Crippen LogP contribution in [0.15, 0.2) is 47.4 Å². The summed E-state index contributed by atoms with van der Waals surface area (Å²) in [5.41, 5.74) is 1.55. The first-order chi connectivity index (χ1) is 13.6. The van der Waals surface area contributed by atoms with Gasteiger partial charge in [0.25, 0.3) is 5.56 Å². The van der Waals surface area contributed by atoms with E-state index in [1.165, 1.54) is 4.68 Å². The lowest BCUT2D eigenvalue weighted by molar-refractivity contribution is -0.126. The summed E-state index contributed by atoms with van der Waals surface area (Å²) in [4.78, 5) is 27.2. The zero-order chi connectivity index (χ0) is 19.6. The Labute approximate surface area is 165 Å². The molecule has 1 saturated heterocycles. The van der Waals surface area contributed by atoms with Crippen LogP contribution in [0.2, 0.25) is 0 Å². The summed E-state index contributed by atoms with van der Waals surface area (Å²) in [6.45, 7) is 2.41. The molecule has 1 aromatic heterocycles. The second-order valence-electron chi connectivity index (χ2n) is 8.14. The smallest absolute Gasteiger partial charge is 0.268 e. The maximum Gasteiger partial charge on any atom is 0.268 e. The van der Waals surface area contributed by atoms with Gasteiger partial charge in [0, 0.05) is 32.7 Å². The molecule has 2 fully saturated rings. The van der Waals surface area contributed by atoms with Crippen LogP contribution in [0.25, 0.3) is 0 Å². The lowest BCUT2D eigenvalue weighted by Gasteiger charge is -2.29. The molecule has 28 heavy (non-hydrogen) atoms. The summed E-state index contributed by atoms with van der Waals surface area (Å²) in [6.07, 6.45) is 6.82. The van der Waals surface area contributed by atoms with E-state index in [2.05, 4.69) is 27.4 Å². The summed E-state index contributed by atoms with van der Waals surface area (Å²) in [5.74, 6) is 0.562. The highest BCUT2D eigenvalue weighted by molar-refractivity contribution is 5.88. The van der Waals surface area contributed by atoms with E-state index in [1.54, 1.807) is 19.3 Å². The van der Waals surface area contributed by atoms with Crippen molar-refractivity contribution in [1.82, 2.24) is 15.1 Å². The minimum atomic E-state index is -0.366. The Morgan fingerprint density at radius 2 is 2.00 bits per heavy atom. The van der Waals surface area contributed by atoms with Crippen LogP contribution in [0.1, 0.15) is 37.7 Å². The molecule has 0 spiro atoms. The molecule has 148 valence electrons. The number of amides is 1. The first-order valence-electron chi connectivity index (χ1n) is 10.2. The van der Waals surface area contributed by atoms with Gasteiger partial charge in [0.15, 0.2) is 0 Å². The summed E-state index contributed by atoms with van der Waals surface area (Å²) < 4.78 is 1.34. The van der Waals surface area contributed by atoms with E-state index in [0.717, 1.165) is 56.4 Å². The quantitative estimate of drug-likeness (QED) is 0.864. The number of hydrogen-bond acceptors (Lipinski definition) is 4. The number of nitrogens with zero attached hydrogens (tertiary/aromatic N) is 3. The molecule has 1 aliphatic carbocycles. The third-order valence-corrected chi connectivity index (χ3v) is 6.37. The van der Waals surface area contributed by atoms with Crippen LogP contribution >= 0.6 is 0 Å². The Hall–Kier alpha value is -2.63. The molecule has 1 amide bonds. The van der Waals surface area contributed by atoms with E-state index in [0.29, 0.717) is 12.5 Å². The highest BCUT2D eigenvalue weighted by atomic mass is 16.2. The number of anilines is 1. The molecule has 6 heteroatoms. The summed E-state index contributed by atoms with van der Waals surface area (Å²) >= 11 is 0. The van der Waals surface area contributed by atoms with Crippen molar-refractivity contribution in [2.75, 3.05) is 24.5 Å². The van der Waals surface area contributed by atoms with Gasteiger partial charge in [-0.25, -0.2) is 4.68 Å². The second kappa shape index (κ2) is 7.78. The minimum absolute atomic E-state index is 0.0970. The first-order valence-corrected chi connectivity index (χ1v) is 10.2. The van der Waals surface area contributed by atoms with E-state index in [9.17, 15) is 9.59 Å². The maximum atomic E-state index is 13.2. The van der Waals surface area contributed by atoms with Gasteiger partial charge in [0.05, 0.1) is 17.3 Å². The molecule has 1 atom stereocenters. The third-order valence-electron chi connectivity index (χ3n) is 6.37. The average molecular weight is 380 g/mol. The molecule has 1 N–H and O–H groups in total. The van der Waals surface area contributed by atoms with Crippen molar-refractivity contribution in [3.8, 4) is 0 Å². The van der Waals surface area contributed by atoms with Crippen molar-refractivity contribution in [2.24, 2.45) is 13.0 Å². The van der Waals surface area contributed by atoms with Crippen LogP contribution in [0.4, 0.5) is 5.69 Å². The van der Waals surface area contributed by atoms with Gasteiger partial charge in [-0.05, 0) is 30.7 Å². The number of carbonyl (C=O) groups is 1. The van der Waals surface area contributed by atoms with Gasteiger partial charge in [0.1, 0.15) is 0 Å². The molecule has 1 aliphatic heterocycles. The predicted molar refractivity (Wildman–Crippen MR) is 109 cm³/mol. The Balaban J connectivity index is 1.38. The highest BCUT2D eigenvalue weighted by Gasteiger charge is 2.42. The van der Waals surface area contributed by atoms with Crippen molar-refractivity contribution in [3.63, 3.8) is 0 Å². The molecule has 1 saturated carbocycles. The van der Waals surface area contributed by atoms with Gasteiger partial charge in [0.2, 0.25) is 5.91 Å². The lowest BCUT2D eigenvalue weighted by atomic mass is 9.78. The Morgan fingerprint density at radius 3 is 2.71 bits per heavy atom. The molecular formula is C22H28N4O2. The normalized spacial score (nSPS) is 21.0. The molecule has 2 aromatic rings. The van der Waals surface area contributed by atoms with E-state index < -0.39 is 0 Å². The van der Waals surface area contributed by atoms with Crippen molar-refractivity contribution in [2.45, 2.75) is 37.5 Å². The van der Waals surface area contributed by atoms with Crippen LogP contribution in [0.5, 0.6) is 0 Å². The standard InChI is InChI=1S/C22H28N4O2/c1-25-20(27)13-19(15-24-25)26-12-9-17(16-26)14-23-21(28)22(10-5-6-11-22)18-7-3-2-4-8-18/h2-4,7-8,13,15,17H,5-6,9-12,14,16H2,1H3,(H,23,28)/t17-/m0/s1. The van der Waals surface area contributed by atoms with Crippen molar-refractivity contribution >= 4 is 11.6 Å². The molecule has 6 nitrogen and oxygen atoms in total. The minimum Gasteiger partial charge on any atom is -0.370 e. The maximum absolute atomic E-state index is 13.2. The summed E-state index contributed by atoms with van der Waals surface area (Å²) in [6, 6.07) is 11.9. The SMILES string of the molecule is Cn1ncc(N2CC[C@@H](CNC(=O)C3(c4ccccc4)CCCC3)C2)cc1=O. The van der Waals surface area contributed by atoms with Crippen molar-refractivity contribution in [1.29, 1.82) is 0 Å². The molecule has 4 rings (SSSR count). The molecule has 1 aromatic carbocycles. The number of aromatic nitrogens is 2. The number of rotatable bonds is 5. The van der Waals surface area contributed by atoms with Crippen LogP contribution in [-0.2, 0) is 17.3 Å². The zero-order valence-corrected chi connectivity index (χ0v) is 16.4. The van der Waals surface area contributed by atoms with Crippen LogP contribution in [-0.4, -0.2) is 35.3 Å². The van der Waals surface area contributed by atoms with Gasteiger partial charge in [-0.3, -0.25) is 9.59 Å². The van der Waals surface area contributed by atoms with Crippen molar-refractivity contribution in [3.05, 3.63) is 58.5 Å². The summed E-state index contributed by atoms with van der Waals surface area (Å²) in [5, 5.41) is 7.36. The first kappa shape index (κ1) is 18.7. The molecule has 0 radical (unpaired) electrons. The van der Waals surface area contributed by atoms with Gasteiger partial charge < -0.3 is 10.2 Å². The number of benzene rings is 1. The number of nitrogens with one attached hydrogen (secondary N) is 1. The Bertz CT molecular complexity index is 887. The van der Waals surface area contributed by atoms with E-state index >= 15 is 0 Å². The topological polar surface area (TPSA) is 67.2 Å². The van der Waals surface area contributed by atoms with Gasteiger partial charge in [-0.15, -0.1) is 0 Å². The molecular weight excluding hydrogens is 352 g/mol. The number of hydrogen-bond donors (Lipinski definition) is 1. The van der Waals surface area contributed by atoms with Crippen LogP contribution < -0.4 is 15.8 Å². The number of aryl methyl sites for hydroxylation is 1. The monoisotopic (exact) mass is 380 g/mol. The molecule has 0 bridgehead atoms. The largest absolute Gasteiger partial charge is 0.370 e. The number of carbonyl (C=O) groups excluding carboxylic acids is 1. The molecule has 0 unspecified atom stereocenters. The second-order valence-corrected chi connectivity index (χ2v) is 8.14. The van der Waals surface area contributed by atoms with Crippen molar-refractivity contribution < 1.29 is 4.79 Å². The fourth-order valence-electron chi connectivity index (χ4n) is 4.66. The third kappa shape index (κ3) is 3.55. The van der Waals surface area contributed by atoms with Gasteiger partial charge in [-0.2, -0.15) is 5.10 Å². The average Bonchev–Trinajstić information content (AvgIpc) is 3.39. The lowest BCUT2D eigenvalue weighted by Crippen LogP contribution is -2.44. The fourth-order valence-corrected chi connectivity index (χ4v) is 4.66. The van der Waals surface area contributed by atoms with Crippen LogP contribution in [0.3, 0.4) is 0 Å². The Kier molecular flexibility index (Phi) is 5.20. The van der Waals surface area contributed by atoms with E-state index in [4.69, 9.17) is 0 Å². The highest BCUT2D eigenvalue weighted by Crippen LogP contribution is 2.41. The fraction of sp³-hybridized carbons (Fsp3) is 0.500. The van der Waals surface area contributed by atoms with E-state index in [-0.39, 0.29) is 16.9 Å². The predicted octanol–water partition coefficient (Wildman–Crippen LogP) is 2.23. The summed E-state index contributed by atoms with van der Waals surface area (Å²) in [7, 11) is 1.65. The Morgan fingerprint density at radius 1 is 1.25 bits per heavy atom. The van der Waals surface area contributed by atoms with Gasteiger partial charge in [-0.1, -0.05) is 43.2 Å². The zero-order valence-electron chi connectivity index (χ0n) is 16.4. The molecule has 2 heterocycles. The van der Waals surface area contributed by atoms with Gasteiger partial charge >= 0.3 is 0 Å². The molecule has 2 aliphatic rings. The van der Waals surface area contributed by atoms with Crippen LogP contribution in [0, 0.1) is 5.92 Å².